The molecule has 0 radical (unpaired) electrons. The number of hydrogen-bond acceptors (Lipinski definition) is 7. The van der Waals surface area contributed by atoms with Crippen LogP contribution in [0.15, 0.2) is 72.1 Å². The molecule has 2 amide bonds. The largest absolute Gasteiger partial charge is 0.493 e. The van der Waals surface area contributed by atoms with E-state index in [9.17, 15) is 9.59 Å². The van der Waals surface area contributed by atoms with E-state index < -0.39 is 6.09 Å². The van der Waals surface area contributed by atoms with Crippen molar-refractivity contribution in [2.45, 2.75) is 6.54 Å². The minimum atomic E-state index is -0.575. The fraction of sp³-hybridized carbons (Fsp3) is 0.167. The van der Waals surface area contributed by atoms with E-state index in [1.807, 2.05) is 18.2 Å². The number of methoxy groups -OCH3 is 2. The molecule has 9 heteroatoms. The Morgan fingerprint density at radius 1 is 1.06 bits per heavy atom. The third-order valence-corrected chi connectivity index (χ3v) is 5.03. The molecule has 0 saturated heterocycles. The van der Waals surface area contributed by atoms with Crippen LogP contribution in [0.1, 0.15) is 21.5 Å². The average Bonchev–Trinajstić information content (AvgIpc) is 2.86. The van der Waals surface area contributed by atoms with E-state index in [2.05, 4.69) is 15.4 Å². The van der Waals surface area contributed by atoms with Crippen molar-refractivity contribution < 1.29 is 23.8 Å². The average molecular weight is 446 g/mol. The zero-order valence-electron chi connectivity index (χ0n) is 18.1. The Balaban J connectivity index is 1.57. The molecule has 0 fully saturated rings. The predicted molar refractivity (Wildman–Crippen MR) is 122 cm³/mol. The maximum atomic E-state index is 12.6. The molecule has 1 aliphatic heterocycles. The third-order valence-electron chi connectivity index (χ3n) is 5.03. The van der Waals surface area contributed by atoms with Crippen molar-refractivity contribution in [1.82, 2.24) is 9.99 Å². The number of benzene rings is 2. The summed E-state index contributed by atoms with van der Waals surface area (Å²) in [7, 11) is 3.11. The third kappa shape index (κ3) is 4.93. The van der Waals surface area contributed by atoms with Gasteiger partial charge in [0.25, 0.3) is 5.91 Å². The van der Waals surface area contributed by atoms with Gasteiger partial charge in [-0.3, -0.25) is 9.78 Å². The zero-order chi connectivity index (χ0) is 23.2. The fourth-order valence-electron chi connectivity index (χ4n) is 3.32. The fourth-order valence-corrected chi connectivity index (χ4v) is 3.32. The summed E-state index contributed by atoms with van der Waals surface area (Å²) < 4.78 is 16.0. The van der Waals surface area contributed by atoms with Crippen LogP contribution in [0.25, 0.3) is 0 Å². The Labute approximate surface area is 190 Å². The summed E-state index contributed by atoms with van der Waals surface area (Å²) >= 11 is 0. The zero-order valence-corrected chi connectivity index (χ0v) is 18.1. The first-order valence-electron chi connectivity index (χ1n) is 10.1. The highest BCUT2D eigenvalue weighted by molar-refractivity contribution is 6.05. The Hall–Kier alpha value is -4.40. The smallest absolute Gasteiger partial charge is 0.431 e. The normalized spacial score (nSPS) is 13.1. The second kappa shape index (κ2) is 9.82. The van der Waals surface area contributed by atoms with Gasteiger partial charge < -0.3 is 19.5 Å². The number of nitrogens with zero attached hydrogens (tertiary/aromatic N) is 3. The van der Waals surface area contributed by atoms with Crippen molar-refractivity contribution in [3.8, 4) is 11.5 Å². The van der Waals surface area contributed by atoms with Crippen LogP contribution in [-0.4, -0.2) is 48.5 Å². The topological polar surface area (TPSA) is 102 Å². The summed E-state index contributed by atoms with van der Waals surface area (Å²) in [4.78, 5) is 28.9. The van der Waals surface area contributed by atoms with Crippen LogP contribution in [0.2, 0.25) is 0 Å². The number of hydrazone groups is 1. The molecule has 0 spiro atoms. The number of ether oxygens (including phenoxy) is 3. The molecule has 168 valence electrons. The van der Waals surface area contributed by atoms with Crippen molar-refractivity contribution >= 4 is 23.4 Å². The second-order valence-electron chi connectivity index (χ2n) is 7.08. The number of carbonyl (C=O) groups is 2. The monoisotopic (exact) mass is 446 g/mol. The van der Waals surface area contributed by atoms with Gasteiger partial charge >= 0.3 is 6.09 Å². The number of para-hydroxylation sites is 1. The van der Waals surface area contributed by atoms with E-state index in [1.165, 1.54) is 5.01 Å². The molecule has 2 aromatic carbocycles. The molecular formula is C24H22N4O5. The molecule has 33 heavy (non-hydrogen) atoms. The van der Waals surface area contributed by atoms with Gasteiger partial charge in [-0.1, -0.05) is 18.2 Å². The maximum absolute atomic E-state index is 12.6. The van der Waals surface area contributed by atoms with Crippen LogP contribution < -0.4 is 14.8 Å². The van der Waals surface area contributed by atoms with Gasteiger partial charge in [0.05, 0.1) is 20.8 Å². The minimum Gasteiger partial charge on any atom is -0.493 e. The van der Waals surface area contributed by atoms with E-state index >= 15 is 0 Å². The molecule has 4 rings (SSSR count). The van der Waals surface area contributed by atoms with Gasteiger partial charge in [0.1, 0.15) is 12.3 Å². The number of pyridine rings is 1. The Morgan fingerprint density at radius 2 is 1.82 bits per heavy atom. The van der Waals surface area contributed by atoms with Crippen LogP contribution in [0, 0.1) is 0 Å². The van der Waals surface area contributed by atoms with Crippen LogP contribution in [0.4, 0.5) is 10.5 Å². The standard InChI is InChI=1S/C24H22N4O5/c1-31-21-8-7-17(13-22(21)32-2)20-15-33-24(30)28(27-20)14-18-5-3-4-6-19(18)26-23(29)16-9-11-25-12-10-16/h3-13H,14-15H2,1-2H3,(H,26,29). The number of rotatable bonds is 7. The van der Waals surface area contributed by atoms with Gasteiger partial charge in [-0.05, 0) is 42.0 Å². The first kappa shape index (κ1) is 21.8. The Bertz CT molecular complexity index is 1200. The van der Waals surface area contributed by atoms with Gasteiger partial charge in [0, 0.05) is 29.2 Å². The second-order valence-corrected chi connectivity index (χ2v) is 7.08. The molecule has 0 atom stereocenters. The van der Waals surface area contributed by atoms with E-state index in [1.54, 1.807) is 63.0 Å². The summed E-state index contributed by atoms with van der Waals surface area (Å²) in [5, 5.41) is 8.60. The maximum Gasteiger partial charge on any atom is 0.431 e. The van der Waals surface area contributed by atoms with Crippen molar-refractivity contribution in [1.29, 1.82) is 0 Å². The summed E-state index contributed by atoms with van der Waals surface area (Å²) in [5.74, 6) is 0.858. The Morgan fingerprint density at radius 3 is 2.58 bits per heavy atom. The SMILES string of the molecule is COc1ccc(C2=NN(Cc3ccccc3NC(=O)c3ccncc3)C(=O)OC2)cc1OC. The lowest BCUT2D eigenvalue weighted by Crippen LogP contribution is -2.35. The van der Waals surface area contributed by atoms with Crippen LogP contribution in [0.5, 0.6) is 11.5 Å². The van der Waals surface area contributed by atoms with Gasteiger partial charge in [-0.2, -0.15) is 10.1 Å². The van der Waals surface area contributed by atoms with Crippen molar-refractivity contribution in [3.05, 3.63) is 83.7 Å². The molecule has 1 N–H and O–H groups in total. The Kier molecular flexibility index (Phi) is 6.49. The van der Waals surface area contributed by atoms with Crippen molar-refractivity contribution in [3.63, 3.8) is 0 Å². The number of aromatic nitrogens is 1. The molecule has 9 nitrogen and oxygen atoms in total. The van der Waals surface area contributed by atoms with Crippen LogP contribution in [0.3, 0.4) is 0 Å². The summed E-state index contributed by atoms with van der Waals surface area (Å²) in [6.07, 6.45) is 2.53. The molecule has 0 aliphatic carbocycles. The lowest BCUT2D eigenvalue weighted by atomic mass is 10.1. The lowest BCUT2D eigenvalue weighted by molar-refractivity contribution is 0.102. The highest BCUT2D eigenvalue weighted by atomic mass is 16.6. The number of cyclic esters (lactones) is 1. The van der Waals surface area contributed by atoms with Gasteiger partial charge in [-0.25, -0.2) is 4.79 Å². The van der Waals surface area contributed by atoms with Crippen LogP contribution >= 0.6 is 0 Å². The molecule has 1 aromatic heterocycles. The molecule has 0 bridgehead atoms. The van der Waals surface area contributed by atoms with Gasteiger partial charge in [0.15, 0.2) is 11.5 Å². The quantitative estimate of drug-likeness (QED) is 0.594. The molecule has 1 aliphatic rings. The molecule has 0 saturated carbocycles. The van der Waals surface area contributed by atoms with Gasteiger partial charge in [-0.15, -0.1) is 0 Å². The lowest BCUT2D eigenvalue weighted by Gasteiger charge is -2.24. The number of hydrogen-bond donors (Lipinski definition) is 1. The molecule has 3 aromatic rings. The van der Waals surface area contributed by atoms with Crippen molar-refractivity contribution in [2.75, 3.05) is 26.1 Å². The number of nitrogens with one attached hydrogen (secondary N) is 1. The number of amides is 2. The summed E-state index contributed by atoms with van der Waals surface area (Å²) in [6.45, 7) is 0.146. The molecule has 2 heterocycles. The van der Waals surface area contributed by atoms with E-state index in [0.29, 0.717) is 34.0 Å². The van der Waals surface area contributed by atoms with E-state index in [0.717, 1.165) is 5.56 Å². The minimum absolute atomic E-state index is 0.0330. The first-order chi connectivity index (χ1) is 16.1. The predicted octanol–water partition coefficient (Wildman–Crippen LogP) is 3.71. The van der Waals surface area contributed by atoms with Gasteiger partial charge in [0.2, 0.25) is 0 Å². The molecule has 0 unspecified atom stereocenters. The van der Waals surface area contributed by atoms with Crippen molar-refractivity contribution in [2.24, 2.45) is 5.10 Å². The van der Waals surface area contributed by atoms with E-state index in [-0.39, 0.29) is 19.1 Å². The summed E-state index contributed by atoms with van der Waals surface area (Å²) in [5.41, 5.74) is 3.05. The highest BCUT2D eigenvalue weighted by Gasteiger charge is 2.24. The molecular weight excluding hydrogens is 424 g/mol. The van der Waals surface area contributed by atoms with E-state index in [4.69, 9.17) is 14.2 Å². The highest BCUT2D eigenvalue weighted by Crippen LogP contribution is 2.29. The number of anilines is 1. The van der Waals surface area contributed by atoms with Crippen LogP contribution in [-0.2, 0) is 11.3 Å². The summed E-state index contributed by atoms with van der Waals surface area (Å²) in [6, 6.07) is 15.8. The first-order valence-corrected chi connectivity index (χ1v) is 10.1. The number of carbonyl (C=O) groups excluding carboxylic acids is 2.